The van der Waals surface area contributed by atoms with Gasteiger partial charge in [0, 0.05) is 0 Å². The summed E-state index contributed by atoms with van der Waals surface area (Å²) in [5.74, 6) is 0.857. The maximum atomic E-state index is 5.07. The van der Waals surface area contributed by atoms with Gasteiger partial charge in [0.15, 0.2) is 0 Å². The lowest BCUT2D eigenvalue weighted by Crippen LogP contribution is -2.47. The van der Waals surface area contributed by atoms with Crippen molar-refractivity contribution in [1.82, 2.24) is 5.32 Å². The van der Waals surface area contributed by atoms with E-state index < -0.39 is 0 Å². The Morgan fingerprint density at radius 3 is 2.36 bits per heavy atom. The molecule has 0 bridgehead atoms. The summed E-state index contributed by atoms with van der Waals surface area (Å²) < 4.78 is 5.07. The third kappa shape index (κ3) is 2.80. The van der Waals surface area contributed by atoms with Gasteiger partial charge in [-0.2, -0.15) is 0 Å². The molecule has 0 unspecified atom stereocenters. The topological polar surface area (TPSA) is 21.3 Å². The van der Waals surface area contributed by atoms with Gasteiger partial charge in [-0.25, -0.2) is 0 Å². The van der Waals surface area contributed by atoms with Crippen LogP contribution in [0.4, 0.5) is 0 Å². The van der Waals surface area contributed by atoms with Gasteiger partial charge in [0.25, 0.3) is 0 Å². The Kier molecular flexibility index (Phi) is 3.87. The molecule has 0 spiro atoms. The van der Waals surface area contributed by atoms with E-state index in [1.54, 1.807) is 0 Å². The molecule has 11 heavy (non-hydrogen) atoms. The van der Waals surface area contributed by atoms with Crippen LogP contribution >= 0.6 is 0 Å². The molecule has 0 aromatic carbocycles. The average molecular weight is 157 g/mol. The van der Waals surface area contributed by atoms with Crippen LogP contribution in [0, 0.1) is 5.92 Å². The van der Waals surface area contributed by atoms with Crippen molar-refractivity contribution >= 4 is 0 Å². The van der Waals surface area contributed by atoms with Gasteiger partial charge in [0.2, 0.25) is 0 Å². The second-order valence-electron chi connectivity index (χ2n) is 3.33. The van der Waals surface area contributed by atoms with Crippen molar-refractivity contribution in [3.8, 4) is 0 Å². The zero-order valence-electron chi connectivity index (χ0n) is 7.60. The highest BCUT2D eigenvalue weighted by molar-refractivity contribution is 4.74. The zero-order valence-corrected chi connectivity index (χ0v) is 7.60. The molecule has 2 nitrogen and oxygen atoms in total. The lowest BCUT2D eigenvalue weighted by atomic mass is 10.0. The first-order chi connectivity index (χ1) is 5.36. The standard InChI is InChI=1S/C9H19NO/c1-3-8(4-2)5-10-9-6-11-7-9/h8-10H,3-7H2,1-2H3. The van der Waals surface area contributed by atoms with Gasteiger partial charge >= 0.3 is 0 Å². The molecule has 0 atom stereocenters. The van der Waals surface area contributed by atoms with Gasteiger partial charge < -0.3 is 10.1 Å². The lowest BCUT2D eigenvalue weighted by Gasteiger charge is -2.28. The Balaban J connectivity index is 1.99. The molecule has 1 aliphatic rings. The number of nitrogens with one attached hydrogen (secondary N) is 1. The molecule has 2 heteroatoms. The van der Waals surface area contributed by atoms with Crippen molar-refractivity contribution in [3.63, 3.8) is 0 Å². The second kappa shape index (κ2) is 4.73. The molecule has 0 saturated carbocycles. The Bertz CT molecular complexity index is 97.7. The summed E-state index contributed by atoms with van der Waals surface area (Å²) in [6, 6.07) is 0.649. The monoisotopic (exact) mass is 157 g/mol. The van der Waals surface area contributed by atoms with Crippen LogP contribution in [0.5, 0.6) is 0 Å². The molecule has 1 saturated heterocycles. The molecule has 1 aliphatic heterocycles. The van der Waals surface area contributed by atoms with Gasteiger partial charge in [0.05, 0.1) is 19.3 Å². The van der Waals surface area contributed by atoms with E-state index in [0.29, 0.717) is 6.04 Å². The third-order valence-electron chi connectivity index (χ3n) is 2.49. The summed E-state index contributed by atoms with van der Waals surface area (Å²) in [7, 11) is 0. The van der Waals surface area contributed by atoms with Crippen LogP contribution in [0.25, 0.3) is 0 Å². The summed E-state index contributed by atoms with van der Waals surface area (Å²) >= 11 is 0. The first kappa shape index (κ1) is 9.01. The van der Waals surface area contributed by atoms with Crippen molar-refractivity contribution < 1.29 is 4.74 Å². The van der Waals surface area contributed by atoms with Crippen LogP contribution in [-0.2, 0) is 4.74 Å². The van der Waals surface area contributed by atoms with Crippen molar-refractivity contribution in [3.05, 3.63) is 0 Å². The fourth-order valence-electron chi connectivity index (χ4n) is 1.26. The van der Waals surface area contributed by atoms with Crippen LogP contribution in [0.3, 0.4) is 0 Å². The fraction of sp³-hybridized carbons (Fsp3) is 1.00. The van der Waals surface area contributed by atoms with Gasteiger partial charge in [0.1, 0.15) is 0 Å². The number of hydrogen-bond donors (Lipinski definition) is 1. The molecular formula is C9H19NO. The second-order valence-corrected chi connectivity index (χ2v) is 3.33. The first-order valence-electron chi connectivity index (χ1n) is 4.68. The van der Waals surface area contributed by atoms with Crippen molar-refractivity contribution in [2.75, 3.05) is 19.8 Å². The van der Waals surface area contributed by atoms with E-state index in [-0.39, 0.29) is 0 Å². The number of rotatable bonds is 5. The molecule has 1 N–H and O–H groups in total. The van der Waals surface area contributed by atoms with E-state index >= 15 is 0 Å². The molecule has 0 aromatic rings. The normalized spacial score (nSPS) is 18.8. The maximum absolute atomic E-state index is 5.07. The zero-order chi connectivity index (χ0) is 8.10. The average Bonchev–Trinajstić information content (AvgIpc) is 1.95. The minimum absolute atomic E-state index is 0.649. The summed E-state index contributed by atoms with van der Waals surface area (Å²) in [5.41, 5.74) is 0. The first-order valence-corrected chi connectivity index (χ1v) is 4.68. The van der Waals surface area contributed by atoms with E-state index in [1.165, 1.54) is 19.4 Å². The molecule has 0 aromatic heterocycles. The predicted molar refractivity (Wildman–Crippen MR) is 46.7 cm³/mol. The number of ether oxygens (including phenoxy) is 1. The Hall–Kier alpha value is -0.0800. The van der Waals surface area contributed by atoms with Crippen LogP contribution in [0.15, 0.2) is 0 Å². The SMILES string of the molecule is CCC(CC)CNC1COC1. The Morgan fingerprint density at radius 1 is 1.36 bits per heavy atom. The van der Waals surface area contributed by atoms with Crippen LogP contribution in [0.2, 0.25) is 0 Å². The summed E-state index contributed by atoms with van der Waals surface area (Å²) in [5, 5.41) is 3.50. The Labute approximate surface area is 69.3 Å². The minimum atomic E-state index is 0.649. The van der Waals surface area contributed by atoms with Gasteiger partial charge in [-0.3, -0.25) is 0 Å². The predicted octanol–water partition coefficient (Wildman–Crippen LogP) is 1.41. The molecule has 0 radical (unpaired) electrons. The molecule has 0 amide bonds. The Morgan fingerprint density at radius 2 is 2.00 bits per heavy atom. The van der Waals surface area contributed by atoms with Crippen molar-refractivity contribution in [1.29, 1.82) is 0 Å². The summed E-state index contributed by atoms with van der Waals surface area (Å²) in [4.78, 5) is 0. The molecule has 1 fully saturated rings. The highest BCUT2D eigenvalue weighted by Crippen LogP contribution is 2.07. The molecule has 0 aliphatic carbocycles. The minimum Gasteiger partial charge on any atom is -0.378 e. The molecule has 1 rings (SSSR count). The van der Waals surface area contributed by atoms with Crippen molar-refractivity contribution in [2.45, 2.75) is 32.7 Å². The van der Waals surface area contributed by atoms with E-state index in [0.717, 1.165) is 19.1 Å². The largest absolute Gasteiger partial charge is 0.378 e. The van der Waals surface area contributed by atoms with E-state index in [1.807, 2.05) is 0 Å². The van der Waals surface area contributed by atoms with Crippen LogP contribution in [0.1, 0.15) is 26.7 Å². The molecule has 66 valence electrons. The van der Waals surface area contributed by atoms with Gasteiger partial charge in [-0.05, 0) is 12.5 Å². The highest BCUT2D eigenvalue weighted by atomic mass is 16.5. The summed E-state index contributed by atoms with van der Waals surface area (Å²) in [6.45, 7) is 7.52. The maximum Gasteiger partial charge on any atom is 0.0643 e. The third-order valence-corrected chi connectivity index (χ3v) is 2.49. The fourth-order valence-corrected chi connectivity index (χ4v) is 1.26. The summed E-state index contributed by atoms with van der Waals surface area (Å²) in [6.07, 6.45) is 2.58. The lowest BCUT2D eigenvalue weighted by molar-refractivity contribution is -0.00657. The van der Waals surface area contributed by atoms with E-state index in [4.69, 9.17) is 4.74 Å². The van der Waals surface area contributed by atoms with E-state index in [9.17, 15) is 0 Å². The van der Waals surface area contributed by atoms with Crippen LogP contribution < -0.4 is 5.32 Å². The van der Waals surface area contributed by atoms with E-state index in [2.05, 4.69) is 19.2 Å². The molecule has 1 heterocycles. The smallest absolute Gasteiger partial charge is 0.0643 e. The van der Waals surface area contributed by atoms with Crippen LogP contribution in [-0.4, -0.2) is 25.8 Å². The molecular weight excluding hydrogens is 138 g/mol. The highest BCUT2D eigenvalue weighted by Gasteiger charge is 2.17. The quantitative estimate of drug-likeness (QED) is 0.651. The van der Waals surface area contributed by atoms with Gasteiger partial charge in [-0.15, -0.1) is 0 Å². The van der Waals surface area contributed by atoms with Crippen molar-refractivity contribution in [2.24, 2.45) is 5.92 Å². The van der Waals surface area contributed by atoms with Gasteiger partial charge in [-0.1, -0.05) is 26.7 Å². The number of hydrogen-bond acceptors (Lipinski definition) is 2.